The van der Waals surface area contributed by atoms with E-state index >= 15 is 0 Å². The van der Waals surface area contributed by atoms with Crippen LogP contribution in [0.2, 0.25) is 0 Å². The molecule has 0 aliphatic rings. The number of hydrogen-bond donors (Lipinski definition) is 1. The molecule has 0 unspecified atom stereocenters. The normalized spacial score (nSPS) is 11.4. The van der Waals surface area contributed by atoms with Crippen LogP contribution in [0.25, 0.3) is 4.96 Å². The van der Waals surface area contributed by atoms with Crippen LogP contribution >= 0.6 is 23.6 Å². The Bertz CT molecular complexity index is 553. The van der Waals surface area contributed by atoms with Crippen LogP contribution in [0.1, 0.15) is 11.4 Å². The fourth-order valence-corrected chi connectivity index (χ4v) is 2.08. The lowest BCUT2D eigenvalue weighted by Crippen LogP contribution is -2.27. The van der Waals surface area contributed by atoms with Gasteiger partial charge in [-0.2, -0.15) is 5.10 Å². The zero-order valence-corrected chi connectivity index (χ0v) is 10.5. The van der Waals surface area contributed by atoms with E-state index in [4.69, 9.17) is 18.0 Å². The summed E-state index contributed by atoms with van der Waals surface area (Å²) in [7, 11) is 1.71. The van der Waals surface area contributed by atoms with Crippen LogP contribution in [0, 0.1) is 6.92 Å². The number of fused-ring (bicyclic) bond motifs is 1. The third kappa shape index (κ3) is 1.91. The highest BCUT2D eigenvalue weighted by Crippen LogP contribution is 2.15. The van der Waals surface area contributed by atoms with Crippen LogP contribution in [-0.2, 0) is 0 Å². The van der Waals surface area contributed by atoms with E-state index in [-0.39, 0.29) is 5.11 Å². The Morgan fingerprint density at radius 1 is 1.75 bits per heavy atom. The van der Waals surface area contributed by atoms with Gasteiger partial charge in [-0.1, -0.05) is 0 Å². The largest absolute Gasteiger partial charge is 0.375 e. The van der Waals surface area contributed by atoms with Crippen LogP contribution in [0.15, 0.2) is 16.7 Å². The Morgan fingerprint density at radius 3 is 3.19 bits per heavy atom. The van der Waals surface area contributed by atoms with Crippen molar-refractivity contribution in [3.8, 4) is 0 Å². The summed E-state index contributed by atoms with van der Waals surface area (Å²) in [5, 5.41) is 7.81. The van der Waals surface area contributed by atoms with Gasteiger partial charge in [-0.25, -0.2) is 9.99 Å². The van der Waals surface area contributed by atoms with Crippen LogP contribution in [0.4, 0.5) is 0 Å². The predicted molar refractivity (Wildman–Crippen MR) is 69.9 cm³/mol. The van der Waals surface area contributed by atoms with Gasteiger partial charge < -0.3 is 5.73 Å². The molecule has 2 aromatic heterocycles. The fraction of sp³-hybridized carbons (Fsp3) is 0.222. The fourth-order valence-electron chi connectivity index (χ4n) is 1.27. The first-order chi connectivity index (χ1) is 7.59. The Hall–Kier alpha value is -1.47. The standard InChI is InChI=1S/C9H11N5S2/c1-6-7(5-11-13(2)8(10)15)14-3-4-16-9(14)12-6/h3-5H,1-2H3,(H2,10,15)/b11-5-. The zero-order chi connectivity index (χ0) is 11.7. The van der Waals surface area contributed by atoms with Crippen molar-refractivity contribution in [2.45, 2.75) is 6.92 Å². The molecule has 0 saturated heterocycles. The second kappa shape index (κ2) is 4.18. The Labute approximate surface area is 102 Å². The van der Waals surface area contributed by atoms with Crippen molar-refractivity contribution >= 4 is 39.8 Å². The van der Waals surface area contributed by atoms with Gasteiger partial charge in [0, 0.05) is 18.6 Å². The number of rotatable bonds is 2. The molecule has 0 aliphatic carbocycles. The van der Waals surface area contributed by atoms with E-state index in [0.717, 1.165) is 16.3 Å². The highest BCUT2D eigenvalue weighted by Gasteiger charge is 2.07. The quantitative estimate of drug-likeness (QED) is 0.496. The van der Waals surface area contributed by atoms with Gasteiger partial charge in [0.1, 0.15) is 0 Å². The summed E-state index contributed by atoms with van der Waals surface area (Å²) in [6.07, 6.45) is 3.67. The van der Waals surface area contributed by atoms with Crippen molar-refractivity contribution in [3.63, 3.8) is 0 Å². The lowest BCUT2D eigenvalue weighted by atomic mass is 10.4. The average Bonchev–Trinajstić information content (AvgIpc) is 2.75. The maximum Gasteiger partial charge on any atom is 0.194 e. The van der Waals surface area contributed by atoms with Gasteiger partial charge >= 0.3 is 0 Å². The van der Waals surface area contributed by atoms with Crippen molar-refractivity contribution in [2.24, 2.45) is 10.8 Å². The summed E-state index contributed by atoms with van der Waals surface area (Å²) in [4.78, 5) is 5.36. The molecule has 0 radical (unpaired) electrons. The molecule has 84 valence electrons. The number of hydrogen-bond acceptors (Lipinski definition) is 4. The molecule has 0 amide bonds. The Balaban J connectivity index is 2.36. The Morgan fingerprint density at radius 2 is 2.50 bits per heavy atom. The van der Waals surface area contributed by atoms with Gasteiger partial charge in [-0.05, 0) is 19.1 Å². The lowest BCUT2D eigenvalue weighted by molar-refractivity contribution is 0.552. The first-order valence-corrected chi connectivity index (χ1v) is 5.87. The molecular formula is C9H11N5S2. The number of aryl methyl sites for hydroxylation is 1. The number of hydrazone groups is 1. The number of imidazole rings is 1. The van der Waals surface area contributed by atoms with Crippen LogP contribution in [0.3, 0.4) is 0 Å². The Kier molecular flexibility index (Phi) is 2.88. The van der Waals surface area contributed by atoms with Crippen molar-refractivity contribution in [1.29, 1.82) is 0 Å². The molecule has 16 heavy (non-hydrogen) atoms. The van der Waals surface area contributed by atoms with Gasteiger partial charge in [-0.3, -0.25) is 4.40 Å². The van der Waals surface area contributed by atoms with Gasteiger partial charge in [0.25, 0.3) is 0 Å². The second-order valence-electron chi connectivity index (χ2n) is 3.24. The van der Waals surface area contributed by atoms with E-state index in [0.29, 0.717) is 0 Å². The molecule has 7 heteroatoms. The minimum Gasteiger partial charge on any atom is -0.375 e. The first-order valence-electron chi connectivity index (χ1n) is 4.59. The maximum absolute atomic E-state index is 5.43. The van der Waals surface area contributed by atoms with Crippen molar-refractivity contribution in [2.75, 3.05) is 7.05 Å². The van der Waals surface area contributed by atoms with Gasteiger partial charge in [0.2, 0.25) is 0 Å². The molecule has 0 fully saturated rings. The van der Waals surface area contributed by atoms with Crippen LogP contribution in [-0.4, -0.2) is 32.8 Å². The van der Waals surface area contributed by atoms with E-state index in [1.165, 1.54) is 5.01 Å². The number of aromatic nitrogens is 2. The number of thiazole rings is 1. The summed E-state index contributed by atoms with van der Waals surface area (Å²) in [6, 6.07) is 0. The zero-order valence-electron chi connectivity index (χ0n) is 8.91. The molecule has 2 N–H and O–H groups in total. The summed E-state index contributed by atoms with van der Waals surface area (Å²) in [5.41, 5.74) is 7.31. The number of nitrogens with zero attached hydrogens (tertiary/aromatic N) is 4. The predicted octanol–water partition coefficient (Wildman–Crippen LogP) is 1.21. The SMILES string of the molecule is Cc1nc2sccn2c1/C=N\N(C)C(N)=S. The average molecular weight is 253 g/mol. The first kappa shape index (κ1) is 11.0. The van der Waals surface area contributed by atoms with Gasteiger partial charge in [0.15, 0.2) is 10.1 Å². The van der Waals surface area contributed by atoms with E-state index in [1.54, 1.807) is 24.6 Å². The molecule has 0 aromatic carbocycles. The molecule has 0 bridgehead atoms. The van der Waals surface area contributed by atoms with Crippen LogP contribution < -0.4 is 5.73 Å². The summed E-state index contributed by atoms with van der Waals surface area (Å²) in [6.45, 7) is 1.95. The molecule has 0 spiro atoms. The molecule has 0 saturated carbocycles. The molecule has 2 aromatic rings. The van der Waals surface area contributed by atoms with Gasteiger partial charge in [-0.15, -0.1) is 11.3 Å². The third-order valence-electron chi connectivity index (χ3n) is 2.16. The van der Waals surface area contributed by atoms with E-state index in [1.807, 2.05) is 22.9 Å². The summed E-state index contributed by atoms with van der Waals surface area (Å²) >= 11 is 6.38. The molecule has 2 heterocycles. The number of thiocarbonyl (C=S) groups is 1. The topological polar surface area (TPSA) is 58.9 Å². The van der Waals surface area contributed by atoms with Gasteiger partial charge in [0.05, 0.1) is 17.6 Å². The third-order valence-corrected chi connectivity index (χ3v) is 3.18. The van der Waals surface area contributed by atoms with Crippen LogP contribution in [0.5, 0.6) is 0 Å². The molecule has 0 atom stereocenters. The maximum atomic E-state index is 5.43. The monoisotopic (exact) mass is 253 g/mol. The highest BCUT2D eigenvalue weighted by atomic mass is 32.1. The summed E-state index contributed by atoms with van der Waals surface area (Å²) in [5.74, 6) is 0. The smallest absolute Gasteiger partial charge is 0.194 e. The highest BCUT2D eigenvalue weighted by molar-refractivity contribution is 7.80. The minimum absolute atomic E-state index is 0.236. The summed E-state index contributed by atoms with van der Waals surface area (Å²) < 4.78 is 1.98. The van der Waals surface area contributed by atoms with E-state index in [2.05, 4.69) is 10.1 Å². The minimum atomic E-state index is 0.236. The van der Waals surface area contributed by atoms with Crippen molar-refractivity contribution < 1.29 is 0 Å². The molecule has 2 rings (SSSR count). The second-order valence-corrected chi connectivity index (χ2v) is 4.54. The number of nitrogens with two attached hydrogens (primary N) is 1. The molecule has 5 nitrogen and oxygen atoms in total. The van der Waals surface area contributed by atoms with Crippen molar-refractivity contribution in [3.05, 3.63) is 23.0 Å². The molecular weight excluding hydrogens is 242 g/mol. The van der Waals surface area contributed by atoms with Crippen molar-refractivity contribution in [1.82, 2.24) is 14.4 Å². The van der Waals surface area contributed by atoms with E-state index < -0.39 is 0 Å². The molecule has 0 aliphatic heterocycles. The lowest BCUT2D eigenvalue weighted by Gasteiger charge is -2.08. The van der Waals surface area contributed by atoms with E-state index in [9.17, 15) is 0 Å².